The molecule has 5 heteroatoms. The van der Waals surface area contributed by atoms with Crippen LogP contribution in [0.1, 0.15) is 22.8 Å². The van der Waals surface area contributed by atoms with Crippen LogP contribution in [-0.4, -0.2) is 22.7 Å². The van der Waals surface area contributed by atoms with E-state index in [1.807, 2.05) is 6.92 Å². The molecular weight excluding hydrogens is 258 g/mol. The topological polar surface area (TPSA) is 68.7 Å². The minimum atomic E-state index is -1.01. The predicted molar refractivity (Wildman–Crippen MR) is 73.1 cm³/mol. The minimum absolute atomic E-state index is 0.0921. The van der Waals surface area contributed by atoms with Gasteiger partial charge in [0.05, 0.1) is 12.2 Å². The Kier molecular flexibility index (Phi) is 4.55. The van der Waals surface area contributed by atoms with E-state index in [4.69, 9.17) is 9.47 Å². The van der Waals surface area contributed by atoms with Crippen molar-refractivity contribution in [3.63, 3.8) is 0 Å². The van der Waals surface area contributed by atoms with E-state index in [9.17, 15) is 9.90 Å². The molecule has 1 N–H and O–H groups in total. The first-order valence-corrected chi connectivity index (χ1v) is 6.24. The predicted octanol–water partition coefficient (Wildman–Crippen LogP) is 2.76. The van der Waals surface area contributed by atoms with Crippen LogP contribution in [0.2, 0.25) is 0 Å². The zero-order valence-corrected chi connectivity index (χ0v) is 11.1. The zero-order chi connectivity index (χ0) is 14.4. The molecule has 0 atom stereocenters. The molecule has 2 rings (SSSR count). The average Bonchev–Trinajstić information content (AvgIpc) is 2.47. The Labute approximate surface area is 116 Å². The van der Waals surface area contributed by atoms with Crippen molar-refractivity contribution >= 4 is 5.97 Å². The number of pyridine rings is 1. The summed E-state index contributed by atoms with van der Waals surface area (Å²) >= 11 is 0. The molecule has 0 aliphatic heterocycles. The van der Waals surface area contributed by atoms with Crippen LogP contribution in [0.4, 0.5) is 0 Å². The van der Waals surface area contributed by atoms with E-state index in [1.165, 1.54) is 6.07 Å². The Morgan fingerprint density at radius 3 is 2.70 bits per heavy atom. The summed E-state index contributed by atoms with van der Waals surface area (Å²) in [5.74, 6) is -0.0513. The van der Waals surface area contributed by atoms with E-state index in [0.29, 0.717) is 23.8 Å². The Bertz CT molecular complexity index is 584. The monoisotopic (exact) mass is 273 g/mol. The highest BCUT2D eigenvalue weighted by molar-refractivity contribution is 5.90. The first-order valence-electron chi connectivity index (χ1n) is 6.24. The molecule has 0 saturated heterocycles. The highest BCUT2D eigenvalue weighted by Gasteiger charge is 2.15. The second-order valence-electron chi connectivity index (χ2n) is 3.98. The second-order valence-corrected chi connectivity index (χ2v) is 3.98. The molecule has 0 bridgehead atoms. The molecule has 0 aliphatic rings. The van der Waals surface area contributed by atoms with E-state index in [-0.39, 0.29) is 12.2 Å². The number of rotatable bonds is 6. The van der Waals surface area contributed by atoms with Gasteiger partial charge in [-0.2, -0.15) is 0 Å². The molecule has 1 aromatic heterocycles. The number of nitrogens with zero attached hydrogens (tertiary/aromatic N) is 1. The number of hydrogen-bond donors (Lipinski definition) is 1. The van der Waals surface area contributed by atoms with Gasteiger partial charge in [-0.25, -0.2) is 9.78 Å². The number of benzene rings is 1. The maximum absolute atomic E-state index is 11.3. The molecule has 0 saturated carbocycles. The SMILES string of the molecule is CCOc1cccc(C(=O)O)c1COc1ccccn1. The highest BCUT2D eigenvalue weighted by Crippen LogP contribution is 2.24. The maximum atomic E-state index is 11.3. The number of carboxylic acids is 1. The summed E-state index contributed by atoms with van der Waals surface area (Å²) in [6.07, 6.45) is 1.61. The van der Waals surface area contributed by atoms with Gasteiger partial charge in [0, 0.05) is 17.8 Å². The van der Waals surface area contributed by atoms with Gasteiger partial charge in [-0.3, -0.25) is 0 Å². The molecule has 1 heterocycles. The van der Waals surface area contributed by atoms with Crippen LogP contribution in [0, 0.1) is 0 Å². The van der Waals surface area contributed by atoms with Crippen molar-refractivity contribution in [2.75, 3.05) is 6.61 Å². The lowest BCUT2D eigenvalue weighted by molar-refractivity contribution is 0.0693. The van der Waals surface area contributed by atoms with Gasteiger partial charge in [0.25, 0.3) is 0 Å². The number of aromatic carboxylic acids is 1. The number of ether oxygens (including phenoxy) is 2. The summed E-state index contributed by atoms with van der Waals surface area (Å²) in [6, 6.07) is 10.2. The lowest BCUT2D eigenvalue weighted by Gasteiger charge is -2.13. The quantitative estimate of drug-likeness (QED) is 0.876. The standard InChI is InChI=1S/C15H15NO4/c1-2-19-13-7-5-6-11(15(17)18)12(13)10-20-14-8-3-4-9-16-14/h3-9H,2,10H2,1H3,(H,17,18). The highest BCUT2D eigenvalue weighted by atomic mass is 16.5. The van der Waals surface area contributed by atoms with Crippen molar-refractivity contribution in [3.8, 4) is 11.6 Å². The van der Waals surface area contributed by atoms with Crippen LogP contribution in [0.5, 0.6) is 11.6 Å². The molecule has 104 valence electrons. The Morgan fingerprint density at radius 1 is 1.20 bits per heavy atom. The van der Waals surface area contributed by atoms with Gasteiger partial charge in [-0.1, -0.05) is 12.1 Å². The summed E-state index contributed by atoms with van der Waals surface area (Å²) in [6.45, 7) is 2.39. The number of carbonyl (C=O) groups is 1. The smallest absolute Gasteiger partial charge is 0.336 e. The lowest BCUT2D eigenvalue weighted by atomic mass is 10.1. The molecule has 20 heavy (non-hydrogen) atoms. The molecule has 0 aliphatic carbocycles. The van der Waals surface area contributed by atoms with Crippen molar-refractivity contribution in [2.24, 2.45) is 0 Å². The fourth-order valence-electron chi connectivity index (χ4n) is 1.78. The van der Waals surface area contributed by atoms with E-state index in [1.54, 1.807) is 36.5 Å². The van der Waals surface area contributed by atoms with Crippen LogP contribution in [0.3, 0.4) is 0 Å². The summed E-state index contributed by atoms with van der Waals surface area (Å²) in [4.78, 5) is 15.3. The zero-order valence-electron chi connectivity index (χ0n) is 11.1. The number of aromatic nitrogens is 1. The van der Waals surface area contributed by atoms with Crippen LogP contribution >= 0.6 is 0 Å². The van der Waals surface area contributed by atoms with Crippen LogP contribution < -0.4 is 9.47 Å². The van der Waals surface area contributed by atoms with Gasteiger partial charge in [0.15, 0.2) is 0 Å². The summed E-state index contributed by atoms with van der Waals surface area (Å²) in [5, 5.41) is 9.23. The Hall–Kier alpha value is -2.56. The largest absolute Gasteiger partial charge is 0.493 e. The first-order chi connectivity index (χ1) is 9.72. The molecular formula is C15H15NO4. The normalized spacial score (nSPS) is 10.1. The maximum Gasteiger partial charge on any atom is 0.336 e. The average molecular weight is 273 g/mol. The molecule has 0 unspecified atom stereocenters. The molecule has 1 aromatic carbocycles. The number of carboxylic acid groups (broad SMARTS) is 1. The molecule has 2 aromatic rings. The van der Waals surface area contributed by atoms with Gasteiger partial charge in [-0.15, -0.1) is 0 Å². The van der Waals surface area contributed by atoms with Crippen molar-refractivity contribution < 1.29 is 19.4 Å². The summed E-state index contributed by atoms with van der Waals surface area (Å²) in [7, 11) is 0. The van der Waals surface area contributed by atoms with Gasteiger partial charge < -0.3 is 14.6 Å². The molecule has 0 radical (unpaired) electrons. The summed E-state index contributed by atoms with van der Waals surface area (Å²) < 4.78 is 11.0. The van der Waals surface area contributed by atoms with Crippen molar-refractivity contribution in [1.82, 2.24) is 4.98 Å². The lowest BCUT2D eigenvalue weighted by Crippen LogP contribution is -2.09. The van der Waals surface area contributed by atoms with Crippen LogP contribution in [0.15, 0.2) is 42.6 Å². The molecule has 0 fully saturated rings. The second kappa shape index (κ2) is 6.56. The Balaban J connectivity index is 2.26. The van der Waals surface area contributed by atoms with E-state index < -0.39 is 5.97 Å². The third-order valence-electron chi connectivity index (χ3n) is 2.67. The van der Waals surface area contributed by atoms with Crippen LogP contribution in [0.25, 0.3) is 0 Å². The van der Waals surface area contributed by atoms with Gasteiger partial charge in [0.1, 0.15) is 12.4 Å². The minimum Gasteiger partial charge on any atom is -0.493 e. The van der Waals surface area contributed by atoms with Crippen molar-refractivity contribution in [1.29, 1.82) is 0 Å². The third-order valence-corrected chi connectivity index (χ3v) is 2.67. The fourth-order valence-corrected chi connectivity index (χ4v) is 1.78. The van der Waals surface area contributed by atoms with E-state index in [0.717, 1.165) is 0 Å². The molecule has 0 amide bonds. The summed E-state index contributed by atoms with van der Waals surface area (Å²) in [5.41, 5.74) is 0.680. The van der Waals surface area contributed by atoms with Crippen molar-refractivity contribution in [2.45, 2.75) is 13.5 Å². The third kappa shape index (κ3) is 3.26. The molecule has 0 spiro atoms. The van der Waals surface area contributed by atoms with E-state index >= 15 is 0 Å². The van der Waals surface area contributed by atoms with E-state index in [2.05, 4.69) is 4.98 Å². The van der Waals surface area contributed by atoms with Crippen LogP contribution in [-0.2, 0) is 6.61 Å². The molecule has 5 nitrogen and oxygen atoms in total. The number of hydrogen-bond acceptors (Lipinski definition) is 4. The Morgan fingerprint density at radius 2 is 2.05 bits per heavy atom. The van der Waals surface area contributed by atoms with Crippen molar-refractivity contribution in [3.05, 3.63) is 53.7 Å². The van der Waals surface area contributed by atoms with Gasteiger partial charge >= 0.3 is 5.97 Å². The fraction of sp³-hybridized carbons (Fsp3) is 0.200. The van der Waals surface area contributed by atoms with Gasteiger partial charge in [0.2, 0.25) is 5.88 Å². The first kappa shape index (κ1) is 13.9. The van der Waals surface area contributed by atoms with Gasteiger partial charge in [-0.05, 0) is 25.1 Å².